The third-order valence-electron chi connectivity index (χ3n) is 2.54. The SMILES string of the molecule is CC1C2=CC(O)CN2C[C@@H]1F. The van der Waals surface area contributed by atoms with Crippen LogP contribution in [0.5, 0.6) is 0 Å². The second-order valence-corrected chi connectivity index (χ2v) is 3.37. The van der Waals surface area contributed by atoms with E-state index in [0.717, 1.165) is 5.70 Å². The van der Waals surface area contributed by atoms with Crippen molar-refractivity contribution in [3.05, 3.63) is 11.8 Å². The lowest BCUT2D eigenvalue weighted by Crippen LogP contribution is -2.22. The van der Waals surface area contributed by atoms with Crippen molar-refractivity contribution in [3.8, 4) is 0 Å². The molecule has 2 heterocycles. The van der Waals surface area contributed by atoms with Gasteiger partial charge in [-0.2, -0.15) is 0 Å². The summed E-state index contributed by atoms with van der Waals surface area (Å²) >= 11 is 0. The first kappa shape index (κ1) is 7.10. The number of rotatable bonds is 0. The Hall–Kier alpha value is -0.570. The molecule has 0 saturated carbocycles. The molecule has 3 atom stereocenters. The number of hydrogen-bond donors (Lipinski definition) is 1. The van der Waals surface area contributed by atoms with Crippen LogP contribution in [0.25, 0.3) is 0 Å². The molecule has 2 aliphatic rings. The number of halogens is 1. The van der Waals surface area contributed by atoms with E-state index in [-0.39, 0.29) is 12.0 Å². The van der Waals surface area contributed by atoms with Crippen molar-refractivity contribution in [2.24, 2.45) is 5.92 Å². The van der Waals surface area contributed by atoms with Crippen molar-refractivity contribution >= 4 is 0 Å². The highest BCUT2D eigenvalue weighted by Crippen LogP contribution is 2.33. The van der Waals surface area contributed by atoms with Crippen molar-refractivity contribution < 1.29 is 9.50 Å². The zero-order chi connectivity index (χ0) is 8.01. The van der Waals surface area contributed by atoms with Crippen LogP contribution in [0.15, 0.2) is 11.8 Å². The number of allylic oxidation sites excluding steroid dienone is 1. The standard InChI is InChI=1S/C8H12FNO/c1-5-7(9)4-10-3-6(11)2-8(5)10/h2,5-7,11H,3-4H2,1H3/t5?,6?,7-/m0/s1. The van der Waals surface area contributed by atoms with Crippen molar-refractivity contribution in [1.82, 2.24) is 4.90 Å². The maximum atomic E-state index is 13.0. The molecule has 1 saturated heterocycles. The predicted molar refractivity (Wildman–Crippen MR) is 39.7 cm³/mol. The first-order valence-corrected chi connectivity index (χ1v) is 3.97. The van der Waals surface area contributed by atoms with Gasteiger partial charge in [0, 0.05) is 24.7 Å². The Morgan fingerprint density at radius 3 is 3.00 bits per heavy atom. The number of aliphatic hydroxyl groups excluding tert-OH is 1. The van der Waals surface area contributed by atoms with E-state index in [1.807, 2.05) is 11.8 Å². The van der Waals surface area contributed by atoms with Crippen molar-refractivity contribution in [1.29, 1.82) is 0 Å². The molecular weight excluding hydrogens is 145 g/mol. The van der Waals surface area contributed by atoms with Gasteiger partial charge in [-0.3, -0.25) is 0 Å². The minimum atomic E-state index is -0.742. The number of fused-ring (bicyclic) bond motifs is 1. The summed E-state index contributed by atoms with van der Waals surface area (Å²) in [7, 11) is 0. The van der Waals surface area contributed by atoms with Gasteiger partial charge in [0.25, 0.3) is 0 Å². The van der Waals surface area contributed by atoms with Gasteiger partial charge >= 0.3 is 0 Å². The second kappa shape index (κ2) is 2.21. The maximum Gasteiger partial charge on any atom is 0.125 e. The highest BCUT2D eigenvalue weighted by molar-refractivity contribution is 5.20. The molecule has 11 heavy (non-hydrogen) atoms. The lowest BCUT2D eigenvalue weighted by molar-refractivity contribution is 0.188. The summed E-state index contributed by atoms with van der Waals surface area (Å²) in [4.78, 5) is 1.93. The lowest BCUT2D eigenvalue weighted by Gasteiger charge is -2.13. The third-order valence-corrected chi connectivity index (χ3v) is 2.54. The van der Waals surface area contributed by atoms with Crippen molar-refractivity contribution in [2.75, 3.05) is 13.1 Å². The Labute approximate surface area is 65.3 Å². The molecule has 0 spiro atoms. The summed E-state index contributed by atoms with van der Waals surface area (Å²) in [5.74, 6) is -0.0212. The molecule has 0 radical (unpaired) electrons. The fourth-order valence-corrected chi connectivity index (χ4v) is 1.86. The smallest absolute Gasteiger partial charge is 0.125 e. The predicted octanol–water partition coefficient (Wildman–Crippen LogP) is 0.535. The van der Waals surface area contributed by atoms with Crippen LogP contribution in [0.2, 0.25) is 0 Å². The average molecular weight is 157 g/mol. The number of alkyl halides is 1. The van der Waals surface area contributed by atoms with Gasteiger partial charge in [-0.05, 0) is 6.08 Å². The van der Waals surface area contributed by atoms with Crippen LogP contribution < -0.4 is 0 Å². The molecule has 2 aliphatic heterocycles. The van der Waals surface area contributed by atoms with Crippen LogP contribution in [-0.4, -0.2) is 35.4 Å². The highest BCUT2D eigenvalue weighted by Gasteiger charge is 2.37. The lowest BCUT2D eigenvalue weighted by atomic mass is 10.1. The van der Waals surface area contributed by atoms with Gasteiger partial charge in [-0.25, -0.2) is 4.39 Å². The fraction of sp³-hybridized carbons (Fsp3) is 0.750. The molecule has 62 valence electrons. The second-order valence-electron chi connectivity index (χ2n) is 3.37. The summed E-state index contributed by atoms with van der Waals surface area (Å²) < 4.78 is 13.0. The van der Waals surface area contributed by atoms with Crippen LogP contribution in [0, 0.1) is 5.92 Å². The normalized spacial score (nSPS) is 42.6. The molecule has 3 heteroatoms. The van der Waals surface area contributed by atoms with Gasteiger partial charge in [0.05, 0.1) is 6.10 Å². The van der Waals surface area contributed by atoms with Crippen LogP contribution in [0.3, 0.4) is 0 Å². The first-order chi connectivity index (χ1) is 5.18. The van der Waals surface area contributed by atoms with E-state index < -0.39 is 6.17 Å². The van der Waals surface area contributed by atoms with Crippen LogP contribution in [0.1, 0.15) is 6.92 Å². The van der Waals surface area contributed by atoms with E-state index in [1.165, 1.54) is 0 Å². The molecule has 0 bridgehead atoms. The number of hydrogen-bond acceptors (Lipinski definition) is 2. The molecule has 1 N–H and O–H groups in total. The monoisotopic (exact) mass is 157 g/mol. The maximum absolute atomic E-state index is 13.0. The molecule has 0 aromatic carbocycles. The summed E-state index contributed by atoms with van der Waals surface area (Å²) in [5.41, 5.74) is 0.991. The molecular formula is C8H12FNO. The van der Waals surface area contributed by atoms with Crippen molar-refractivity contribution in [2.45, 2.75) is 19.2 Å². The van der Waals surface area contributed by atoms with Crippen molar-refractivity contribution in [3.63, 3.8) is 0 Å². The zero-order valence-corrected chi connectivity index (χ0v) is 6.50. The Morgan fingerprint density at radius 2 is 2.36 bits per heavy atom. The topological polar surface area (TPSA) is 23.5 Å². The minimum Gasteiger partial charge on any atom is -0.387 e. The summed E-state index contributed by atoms with van der Waals surface area (Å²) in [6.45, 7) is 2.92. The molecule has 1 fully saturated rings. The molecule has 2 unspecified atom stereocenters. The summed E-state index contributed by atoms with van der Waals surface area (Å²) in [6.07, 6.45) is 0.651. The van der Waals surface area contributed by atoms with E-state index in [0.29, 0.717) is 13.1 Å². The molecule has 0 aliphatic carbocycles. The van der Waals surface area contributed by atoms with E-state index in [4.69, 9.17) is 0 Å². The molecule has 2 rings (SSSR count). The molecule has 0 amide bonds. The van der Waals surface area contributed by atoms with E-state index >= 15 is 0 Å². The quantitative estimate of drug-likeness (QED) is 0.554. The van der Waals surface area contributed by atoms with Gasteiger partial charge in [0.1, 0.15) is 6.17 Å². The number of nitrogens with zero attached hydrogens (tertiary/aromatic N) is 1. The average Bonchev–Trinajstić information content (AvgIpc) is 2.37. The Kier molecular flexibility index (Phi) is 1.42. The van der Waals surface area contributed by atoms with Gasteiger partial charge in [-0.15, -0.1) is 0 Å². The minimum absolute atomic E-state index is 0.0212. The molecule has 0 aromatic rings. The summed E-state index contributed by atoms with van der Waals surface area (Å²) in [5, 5.41) is 9.20. The first-order valence-electron chi connectivity index (χ1n) is 3.97. The number of aliphatic hydroxyl groups is 1. The van der Waals surface area contributed by atoms with E-state index in [9.17, 15) is 9.50 Å². The summed E-state index contributed by atoms with van der Waals surface area (Å²) in [6, 6.07) is 0. The largest absolute Gasteiger partial charge is 0.387 e. The van der Waals surface area contributed by atoms with E-state index in [2.05, 4.69) is 0 Å². The molecule has 2 nitrogen and oxygen atoms in total. The van der Waals surface area contributed by atoms with Crippen LogP contribution >= 0.6 is 0 Å². The van der Waals surface area contributed by atoms with Gasteiger partial charge in [0.2, 0.25) is 0 Å². The Bertz CT molecular complexity index is 204. The fourth-order valence-electron chi connectivity index (χ4n) is 1.86. The Morgan fingerprint density at radius 1 is 1.64 bits per heavy atom. The van der Waals surface area contributed by atoms with Crippen LogP contribution in [-0.2, 0) is 0 Å². The van der Waals surface area contributed by atoms with Crippen LogP contribution in [0.4, 0.5) is 4.39 Å². The van der Waals surface area contributed by atoms with Gasteiger partial charge < -0.3 is 10.0 Å². The Balaban J connectivity index is 2.21. The van der Waals surface area contributed by atoms with Gasteiger partial charge in [0.15, 0.2) is 0 Å². The zero-order valence-electron chi connectivity index (χ0n) is 6.50. The molecule has 0 aromatic heterocycles. The highest BCUT2D eigenvalue weighted by atomic mass is 19.1. The van der Waals surface area contributed by atoms with E-state index in [1.54, 1.807) is 6.08 Å². The third kappa shape index (κ3) is 0.948. The van der Waals surface area contributed by atoms with Gasteiger partial charge in [-0.1, -0.05) is 6.92 Å².